The van der Waals surface area contributed by atoms with Gasteiger partial charge in [0.25, 0.3) is 0 Å². The van der Waals surface area contributed by atoms with Crippen molar-refractivity contribution in [1.29, 1.82) is 0 Å². The molecule has 0 saturated carbocycles. The van der Waals surface area contributed by atoms with Crippen molar-refractivity contribution in [3.63, 3.8) is 0 Å². The molecule has 0 aliphatic rings. The Labute approximate surface area is 137 Å². The van der Waals surface area contributed by atoms with E-state index in [9.17, 15) is 0 Å². The molecule has 0 nitrogen and oxygen atoms in total. The minimum Gasteiger partial charge on any atom is -0.103 e. The summed E-state index contributed by atoms with van der Waals surface area (Å²) in [6, 6.07) is 12.6. The number of allylic oxidation sites excluding steroid dienone is 2. The van der Waals surface area contributed by atoms with Gasteiger partial charge < -0.3 is 0 Å². The third kappa shape index (κ3) is 3.13. The van der Waals surface area contributed by atoms with E-state index < -0.39 is 0 Å². The molecule has 20 heavy (non-hydrogen) atoms. The van der Waals surface area contributed by atoms with Crippen LogP contribution >= 0.6 is 31.9 Å². The summed E-state index contributed by atoms with van der Waals surface area (Å²) < 4.78 is 2.21. The van der Waals surface area contributed by atoms with E-state index in [-0.39, 0.29) is 0 Å². The van der Waals surface area contributed by atoms with Crippen LogP contribution in [0.5, 0.6) is 0 Å². The highest BCUT2D eigenvalue weighted by Crippen LogP contribution is 2.39. The third-order valence-electron chi connectivity index (χ3n) is 3.18. The van der Waals surface area contributed by atoms with Crippen LogP contribution in [-0.2, 0) is 12.8 Å². The van der Waals surface area contributed by atoms with Crippen LogP contribution in [0.1, 0.15) is 11.1 Å². The molecule has 0 saturated heterocycles. The van der Waals surface area contributed by atoms with Gasteiger partial charge in [0, 0.05) is 20.1 Å². The summed E-state index contributed by atoms with van der Waals surface area (Å²) >= 11 is 7.38. The van der Waals surface area contributed by atoms with Crippen LogP contribution in [-0.4, -0.2) is 0 Å². The first kappa shape index (κ1) is 15.3. The maximum atomic E-state index is 3.86. The lowest BCUT2D eigenvalue weighted by atomic mass is 9.93. The van der Waals surface area contributed by atoms with Gasteiger partial charge in [0.1, 0.15) is 0 Å². The van der Waals surface area contributed by atoms with Crippen LogP contribution in [0.4, 0.5) is 0 Å². The van der Waals surface area contributed by atoms with Crippen LogP contribution in [0, 0.1) is 0 Å². The summed E-state index contributed by atoms with van der Waals surface area (Å²) in [7, 11) is 0. The van der Waals surface area contributed by atoms with E-state index >= 15 is 0 Å². The molecule has 0 aromatic heterocycles. The van der Waals surface area contributed by atoms with Crippen LogP contribution < -0.4 is 0 Å². The Morgan fingerprint density at radius 1 is 0.750 bits per heavy atom. The average molecular weight is 392 g/mol. The van der Waals surface area contributed by atoms with E-state index in [4.69, 9.17) is 0 Å². The molecule has 2 heteroatoms. The predicted molar refractivity (Wildman–Crippen MR) is 95.1 cm³/mol. The van der Waals surface area contributed by atoms with E-state index in [1.54, 1.807) is 0 Å². The Morgan fingerprint density at radius 2 is 1.15 bits per heavy atom. The van der Waals surface area contributed by atoms with E-state index in [2.05, 4.69) is 81.4 Å². The van der Waals surface area contributed by atoms with Crippen molar-refractivity contribution in [1.82, 2.24) is 0 Å². The fourth-order valence-electron chi connectivity index (χ4n) is 2.35. The largest absolute Gasteiger partial charge is 0.103 e. The number of benzene rings is 2. The van der Waals surface area contributed by atoms with Crippen molar-refractivity contribution < 1.29 is 0 Å². The Hall–Kier alpha value is -1.12. The fourth-order valence-corrected chi connectivity index (χ4v) is 3.56. The normalized spacial score (nSPS) is 10.3. The zero-order valence-corrected chi connectivity index (χ0v) is 14.4. The first-order chi connectivity index (χ1) is 9.69. The van der Waals surface area contributed by atoms with Gasteiger partial charge in [-0.15, -0.1) is 13.2 Å². The molecule has 0 N–H and O–H groups in total. The van der Waals surface area contributed by atoms with Crippen molar-refractivity contribution in [2.75, 3.05) is 0 Å². The minimum absolute atomic E-state index is 0.851. The molecule has 0 aliphatic carbocycles. The fraction of sp³-hybridized carbons (Fsp3) is 0.111. The molecule has 102 valence electrons. The zero-order chi connectivity index (χ0) is 14.5. The SMILES string of the molecule is C=CCc1cccc(Br)c1-c1c(Br)cccc1CC=C. The maximum absolute atomic E-state index is 3.86. The van der Waals surface area contributed by atoms with Gasteiger partial charge >= 0.3 is 0 Å². The van der Waals surface area contributed by atoms with Gasteiger partial charge in [-0.25, -0.2) is 0 Å². The molecule has 2 rings (SSSR count). The monoisotopic (exact) mass is 390 g/mol. The number of hydrogen-bond acceptors (Lipinski definition) is 0. The van der Waals surface area contributed by atoms with Crippen molar-refractivity contribution in [3.8, 4) is 11.1 Å². The predicted octanol–water partition coefficient (Wildman–Crippen LogP) is 6.34. The smallest absolute Gasteiger partial charge is 0.0257 e. The van der Waals surface area contributed by atoms with Gasteiger partial charge in [0.05, 0.1) is 0 Å². The lowest BCUT2D eigenvalue weighted by Gasteiger charge is -2.16. The highest BCUT2D eigenvalue weighted by molar-refractivity contribution is 9.11. The second-order valence-corrected chi connectivity index (χ2v) is 6.24. The summed E-state index contributed by atoms with van der Waals surface area (Å²) in [5, 5.41) is 0. The molecule has 0 heterocycles. The van der Waals surface area contributed by atoms with Crippen LogP contribution in [0.2, 0.25) is 0 Å². The molecular formula is C18H16Br2. The Kier molecular flexibility index (Phi) is 5.38. The van der Waals surface area contributed by atoms with Crippen molar-refractivity contribution in [2.45, 2.75) is 12.8 Å². The topological polar surface area (TPSA) is 0 Å². The molecule has 0 aliphatic heterocycles. The standard InChI is InChI=1S/C18H16Br2/c1-3-7-13-9-5-11-15(19)17(13)18-14(8-4-2)10-6-12-16(18)20/h3-6,9-12H,1-2,7-8H2. The molecule has 0 bridgehead atoms. The van der Waals surface area contributed by atoms with Crippen molar-refractivity contribution in [3.05, 3.63) is 81.8 Å². The second-order valence-electron chi connectivity index (χ2n) is 4.53. The average Bonchev–Trinajstić information content (AvgIpc) is 2.42. The molecule has 2 aromatic carbocycles. The first-order valence-corrected chi connectivity index (χ1v) is 8.04. The van der Waals surface area contributed by atoms with Crippen LogP contribution in [0.25, 0.3) is 11.1 Å². The minimum atomic E-state index is 0.851. The van der Waals surface area contributed by atoms with Gasteiger partial charge in [0.2, 0.25) is 0 Å². The zero-order valence-electron chi connectivity index (χ0n) is 11.2. The number of rotatable bonds is 5. The van der Waals surface area contributed by atoms with Crippen LogP contribution in [0.3, 0.4) is 0 Å². The molecule has 0 atom stereocenters. The molecule has 2 aromatic rings. The molecule has 0 fully saturated rings. The van der Waals surface area contributed by atoms with E-state index in [1.807, 2.05) is 12.2 Å². The van der Waals surface area contributed by atoms with Crippen molar-refractivity contribution >= 4 is 31.9 Å². The summed E-state index contributed by atoms with van der Waals surface area (Å²) in [4.78, 5) is 0. The molecule has 0 unspecified atom stereocenters. The highest BCUT2D eigenvalue weighted by Gasteiger charge is 2.14. The van der Waals surface area contributed by atoms with Gasteiger partial charge in [-0.3, -0.25) is 0 Å². The Bertz CT molecular complexity index is 584. The van der Waals surface area contributed by atoms with E-state index in [0.29, 0.717) is 0 Å². The molecular weight excluding hydrogens is 376 g/mol. The van der Waals surface area contributed by atoms with Gasteiger partial charge in [-0.1, -0.05) is 68.3 Å². The van der Waals surface area contributed by atoms with Crippen molar-refractivity contribution in [2.24, 2.45) is 0 Å². The summed E-state index contributed by atoms with van der Waals surface area (Å²) in [6.07, 6.45) is 5.58. The maximum Gasteiger partial charge on any atom is 0.0257 e. The first-order valence-electron chi connectivity index (χ1n) is 6.46. The molecule has 0 amide bonds. The lowest BCUT2D eigenvalue weighted by molar-refractivity contribution is 1.23. The Morgan fingerprint density at radius 3 is 1.50 bits per heavy atom. The van der Waals surface area contributed by atoms with Crippen LogP contribution in [0.15, 0.2) is 70.7 Å². The van der Waals surface area contributed by atoms with Gasteiger partial charge in [-0.2, -0.15) is 0 Å². The van der Waals surface area contributed by atoms with E-state index in [1.165, 1.54) is 22.3 Å². The van der Waals surface area contributed by atoms with Gasteiger partial charge in [-0.05, 0) is 36.1 Å². The lowest BCUT2D eigenvalue weighted by Crippen LogP contribution is -1.95. The van der Waals surface area contributed by atoms with Gasteiger partial charge in [0.15, 0.2) is 0 Å². The Balaban J connectivity index is 2.73. The summed E-state index contributed by atoms with van der Waals surface area (Å²) in [6.45, 7) is 7.72. The summed E-state index contributed by atoms with van der Waals surface area (Å²) in [5.41, 5.74) is 5.01. The number of hydrogen-bond donors (Lipinski definition) is 0. The molecule has 0 radical (unpaired) electrons. The highest BCUT2D eigenvalue weighted by atomic mass is 79.9. The summed E-state index contributed by atoms with van der Waals surface area (Å²) in [5.74, 6) is 0. The quantitative estimate of drug-likeness (QED) is 0.522. The second kappa shape index (κ2) is 7.05. The van der Waals surface area contributed by atoms with E-state index in [0.717, 1.165) is 21.8 Å². The third-order valence-corrected chi connectivity index (χ3v) is 4.50. The number of halogens is 2. The molecule has 0 spiro atoms.